The predicted molar refractivity (Wildman–Crippen MR) is 160 cm³/mol. The maximum Gasteiger partial charge on any atom is -0.00735 e. The van der Waals surface area contributed by atoms with E-state index in [1.54, 1.807) is 22.3 Å². The lowest BCUT2D eigenvalue weighted by Crippen LogP contribution is -2.26. The van der Waals surface area contributed by atoms with Crippen LogP contribution in [0.15, 0.2) is 84.9 Å². The zero-order valence-corrected chi connectivity index (χ0v) is 23.9. The van der Waals surface area contributed by atoms with Crippen LogP contribution in [0.4, 0.5) is 0 Å². The first-order chi connectivity index (χ1) is 18.4. The van der Waals surface area contributed by atoms with E-state index in [0.29, 0.717) is 23.7 Å². The van der Waals surface area contributed by atoms with Crippen LogP contribution >= 0.6 is 0 Å². The first kappa shape index (κ1) is 24.7. The molecule has 4 aliphatic carbocycles. The lowest BCUT2D eigenvalue weighted by molar-refractivity contribution is 0.256. The molecular weight excluding hydrogens is 456 g/mol. The zero-order chi connectivity index (χ0) is 26.1. The molecule has 8 unspecified atom stereocenters. The number of fused-ring (bicyclic) bond motifs is 2. The molecular formula is C38H46. The average molecular weight is 503 g/mol. The molecule has 0 nitrogen and oxygen atoms in total. The second-order valence-corrected chi connectivity index (χ2v) is 14.6. The highest BCUT2D eigenvalue weighted by atomic mass is 14.6. The first-order valence-corrected chi connectivity index (χ1v) is 15.6. The summed E-state index contributed by atoms with van der Waals surface area (Å²) in [7, 11) is 0. The van der Waals surface area contributed by atoms with Crippen LogP contribution in [-0.4, -0.2) is 0 Å². The fraction of sp³-hybridized carbons (Fsp3) is 0.526. The normalized spacial score (nSPS) is 36.7. The number of hydrogen-bond acceptors (Lipinski definition) is 0. The van der Waals surface area contributed by atoms with Gasteiger partial charge in [-0.15, -0.1) is 0 Å². The van der Waals surface area contributed by atoms with E-state index in [-0.39, 0.29) is 10.8 Å². The van der Waals surface area contributed by atoms with Crippen molar-refractivity contribution in [1.82, 2.24) is 0 Å². The van der Waals surface area contributed by atoms with Crippen LogP contribution in [0.25, 0.3) is 0 Å². The van der Waals surface area contributed by atoms with E-state index in [4.69, 9.17) is 0 Å². The van der Waals surface area contributed by atoms with Gasteiger partial charge in [-0.05, 0) is 106 Å². The molecule has 4 aliphatic rings. The molecule has 0 heteroatoms. The molecule has 198 valence electrons. The molecule has 0 bridgehead atoms. The Kier molecular flexibility index (Phi) is 5.92. The Morgan fingerprint density at radius 3 is 0.947 bits per heavy atom. The van der Waals surface area contributed by atoms with Gasteiger partial charge in [0, 0.05) is 0 Å². The summed E-state index contributed by atoms with van der Waals surface area (Å²) in [5, 5.41) is 0. The monoisotopic (exact) mass is 502 g/mol. The van der Waals surface area contributed by atoms with Crippen molar-refractivity contribution in [2.24, 2.45) is 34.5 Å². The maximum absolute atomic E-state index is 2.58. The molecule has 0 aromatic heterocycles. The summed E-state index contributed by atoms with van der Waals surface area (Å²) in [5.74, 6) is 5.95. The van der Waals surface area contributed by atoms with Crippen molar-refractivity contribution in [2.75, 3.05) is 0 Å². The second kappa shape index (κ2) is 9.11. The molecule has 0 aliphatic heterocycles. The van der Waals surface area contributed by atoms with Crippen LogP contribution in [0.3, 0.4) is 0 Å². The van der Waals surface area contributed by atoms with E-state index in [9.17, 15) is 0 Å². The topological polar surface area (TPSA) is 0 Å². The van der Waals surface area contributed by atoms with Crippen LogP contribution < -0.4 is 0 Å². The SMILES string of the molecule is CC1(C)C(c2ccccc2)C2CCCC2C1c1ccc(C2C3CCCC3C(c3ccccc3)C2(C)C)cc1. The minimum absolute atomic E-state index is 0.278. The highest BCUT2D eigenvalue weighted by Crippen LogP contribution is 2.69. The van der Waals surface area contributed by atoms with Gasteiger partial charge in [-0.1, -0.05) is 125 Å². The van der Waals surface area contributed by atoms with Gasteiger partial charge in [-0.2, -0.15) is 0 Å². The Bertz CT molecular complexity index is 1150. The summed E-state index contributed by atoms with van der Waals surface area (Å²) in [6, 6.07) is 33.2. The summed E-state index contributed by atoms with van der Waals surface area (Å²) < 4.78 is 0. The van der Waals surface area contributed by atoms with Crippen molar-refractivity contribution >= 4 is 0 Å². The van der Waals surface area contributed by atoms with Crippen molar-refractivity contribution in [2.45, 2.75) is 89.9 Å². The molecule has 4 saturated carbocycles. The Balaban J connectivity index is 1.23. The fourth-order valence-electron chi connectivity index (χ4n) is 11.2. The number of benzene rings is 3. The van der Waals surface area contributed by atoms with E-state index >= 15 is 0 Å². The first-order valence-electron chi connectivity index (χ1n) is 15.6. The standard InChI is InChI=1S/C38H46/c1-37(2)33(25-13-7-5-8-14-25)29-17-11-19-31(29)35(37)27-21-23-28(24-22-27)36-32-20-12-18-30(32)34(38(36,3)4)26-15-9-6-10-16-26/h5-10,13-16,21-24,29-36H,11-12,17-20H2,1-4H3. The van der Waals surface area contributed by atoms with Crippen LogP contribution in [0.2, 0.25) is 0 Å². The molecule has 3 aromatic rings. The van der Waals surface area contributed by atoms with Crippen LogP contribution in [0.1, 0.15) is 112 Å². The van der Waals surface area contributed by atoms with Crippen LogP contribution in [-0.2, 0) is 0 Å². The van der Waals surface area contributed by atoms with Gasteiger partial charge in [0.1, 0.15) is 0 Å². The zero-order valence-electron chi connectivity index (χ0n) is 23.9. The maximum atomic E-state index is 2.58. The molecule has 3 aromatic carbocycles. The largest absolute Gasteiger partial charge is 0.0622 e. The van der Waals surface area contributed by atoms with Crippen LogP contribution in [0.5, 0.6) is 0 Å². The van der Waals surface area contributed by atoms with Gasteiger partial charge >= 0.3 is 0 Å². The third kappa shape index (κ3) is 3.61. The molecule has 0 radical (unpaired) electrons. The number of hydrogen-bond donors (Lipinski definition) is 0. The molecule has 0 saturated heterocycles. The highest BCUT2D eigenvalue weighted by Gasteiger charge is 2.58. The molecule has 7 rings (SSSR count). The highest BCUT2D eigenvalue weighted by molar-refractivity contribution is 5.39. The quantitative estimate of drug-likeness (QED) is 0.333. The Labute approximate surface area is 231 Å². The molecule has 38 heavy (non-hydrogen) atoms. The van der Waals surface area contributed by atoms with Gasteiger partial charge in [0.2, 0.25) is 0 Å². The van der Waals surface area contributed by atoms with Gasteiger partial charge in [0.05, 0.1) is 0 Å². The molecule has 4 fully saturated rings. The Morgan fingerprint density at radius 2 is 0.658 bits per heavy atom. The fourth-order valence-corrected chi connectivity index (χ4v) is 11.2. The van der Waals surface area contributed by atoms with E-state index in [1.807, 2.05) is 0 Å². The second-order valence-electron chi connectivity index (χ2n) is 14.6. The summed E-state index contributed by atoms with van der Waals surface area (Å²) in [5.41, 5.74) is 6.90. The molecule has 0 spiro atoms. The third-order valence-corrected chi connectivity index (χ3v) is 12.1. The predicted octanol–water partition coefficient (Wildman–Crippen LogP) is 10.3. The van der Waals surface area contributed by atoms with E-state index in [1.165, 1.54) is 38.5 Å². The van der Waals surface area contributed by atoms with Crippen molar-refractivity contribution in [3.8, 4) is 0 Å². The Morgan fingerprint density at radius 1 is 0.395 bits per heavy atom. The van der Waals surface area contributed by atoms with Crippen molar-refractivity contribution < 1.29 is 0 Å². The van der Waals surface area contributed by atoms with E-state index in [0.717, 1.165) is 23.7 Å². The third-order valence-electron chi connectivity index (χ3n) is 12.1. The number of rotatable bonds is 4. The minimum atomic E-state index is 0.278. The smallest absolute Gasteiger partial charge is 0.00735 e. The lowest BCUT2D eigenvalue weighted by Gasteiger charge is -2.37. The van der Waals surface area contributed by atoms with Crippen molar-refractivity contribution in [1.29, 1.82) is 0 Å². The molecule has 0 heterocycles. The van der Waals surface area contributed by atoms with Crippen molar-refractivity contribution in [3.63, 3.8) is 0 Å². The van der Waals surface area contributed by atoms with Gasteiger partial charge in [-0.25, -0.2) is 0 Å². The van der Waals surface area contributed by atoms with Gasteiger partial charge in [0.15, 0.2) is 0 Å². The Hall–Kier alpha value is -2.34. The summed E-state index contributed by atoms with van der Waals surface area (Å²) in [4.78, 5) is 0. The summed E-state index contributed by atoms with van der Waals surface area (Å²) in [6.07, 6.45) is 8.43. The van der Waals surface area contributed by atoms with Crippen LogP contribution in [0, 0.1) is 34.5 Å². The van der Waals surface area contributed by atoms with Gasteiger partial charge in [-0.3, -0.25) is 0 Å². The molecule has 8 atom stereocenters. The average Bonchev–Trinajstić information content (AvgIpc) is 3.64. The summed E-state index contributed by atoms with van der Waals surface area (Å²) in [6.45, 7) is 10.3. The lowest BCUT2D eigenvalue weighted by atomic mass is 9.66. The summed E-state index contributed by atoms with van der Waals surface area (Å²) >= 11 is 0. The molecule has 0 amide bonds. The molecule has 0 N–H and O–H groups in total. The van der Waals surface area contributed by atoms with E-state index < -0.39 is 0 Å². The van der Waals surface area contributed by atoms with Gasteiger partial charge < -0.3 is 0 Å². The van der Waals surface area contributed by atoms with Crippen molar-refractivity contribution in [3.05, 3.63) is 107 Å². The van der Waals surface area contributed by atoms with Gasteiger partial charge in [0.25, 0.3) is 0 Å². The van der Waals surface area contributed by atoms with E-state index in [2.05, 4.69) is 113 Å². The minimum Gasteiger partial charge on any atom is -0.0622 e.